The first-order valence-corrected chi connectivity index (χ1v) is 4.61. The van der Waals surface area contributed by atoms with Crippen LogP contribution in [0, 0.1) is 6.92 Å². The molecule has 66 valence electrons. The van der Waals surface area contributed by atoms with Crippen LogP contribution >= 0.6 is 11.3 Å². The number of hydrogen-bond donors (Lipinski definition) is 2. The van der Waals surface area contributed by atoms with E-state index in [2.05, 4.69) is 5.32 Å². The van der Waals surface area contributed by atoms with Crippen molar-refractivity contribution in [1.29, 1.82) is 0 Å². The van der Waals surface area contributed by atoms with E-state index in [4.69, 9.17) is 5.73 Å². The molecule has 0 aromatic carbocycles. The molecule has 1 aromatic heterocycles. The standard InChI is InChI=1S/C8H12N2OS/c1-6-2-3-12-7(6)5-10-8(11)4-9/h2-3H,4-5,9H2,1H3,(H,10,11). The second-order valence-electron chi connectivity index (χ2n) is 2.51. The zero-order valence-electron chi connectivity index (χ0n) is 6.96. The Kier molecular flexibility index (Phi) is 3.25. The Labute approximate surface area is 75.6 Å². The third kappa shape index (κ3) is 2.32. The van der Waals surface area contributed by atoms with E-state index >= 15 is 0 Å². The maximum atomic E-state index is 10.8. The van der Waals surface area contributed by atoms with E-state index in [1.54, 1.807) is 11.3 Å². The van der Waals surface area contributed by atoms with Crippen LogP contribution in [0.1, 0.15) is 10.4 Å². The van der Waals surface area contributed by atoms with Crippen molar-refractivity contribution >= 4 is 17.2 Å². The number of nitrogens with two attached hydrogens (primary N) is 1. The molecule has 12 heavy (non-hydrogen) atoms. The van der Waals surface area contributed by atoms with Gasteiger partial charge in [0.15, 0.2) is 0 Å². The molecule has 0 fully saturated rings. The quantitative estimate of drug-likeness (QED) is 0.724. The summed E-state index contributed by atoms with van der Waals surface area (Å²) in [7, 11) is 0. The lowest BCUT2D eigenvalue weighted by Gasteiger charge is -2.01. The van der Waals surface area contributed by atoms with Crippen molar-refractivity contribution in [2.24, 2.45) is 5.73 Å². The lowest BCUT2D eigenvalue weighted by Crippen LogP contribution is -2.29. The van der Waals surface area contributed by atoms with Gasteiger partial charge < -0.3 is 11.1 Å². The molecule has 3 nitrogen and oxygen atoms in total. The summed E-state index contributed by atoms with van der Waals surface area (Å²) in [5.74, 6) is -0.109. The molecule has 1 aromatic rings. The van der Waals surface area contributed by atoms with Crippen molar-refractivity contribution in [3.63, 3.8) is 0 Å². The van der Waals surface area contributed by atoms with Crippen molar-refractivity contribution in [2.45, 2.75) is 13.5 Å². The highest BCUT2D eigenvalue weighted by molar-refractivity contribution is 7.10. The fraction of sp³-hybridized carbons (Fsp3) is 0.375. The molecular weight excluding hydrogens is 172 g/mol. The van der Waals surface area contributed by atoms with Crippen LogP contribution in [0.25, 0.3) is 0 Å². The lowest BCUT2D eigenvalue weighted by atomic mass is 10.3. The van der Waals surface area contributed by atoms with Crippen LogP contribution in [0.15, 0.2) is 11.4 Å². The predicted octanol–water partition coefficient (Wildman–Crippen LogP) is 0.631. The third-order valence-corrected chi connectivity index (χ3v) is 2.62. The number of nitrogens with one attached hydrogen (secondary N) is 1. The van der Waals surface area contributed by atoms with Crippen molar-refractivity contribution in [3.8, 4) is 0 Å². The molecule has 0 spiro atoms. The monoisotopic (exact) mass is 184 g/mol. The van der Waals surface area contributed by atoms with E-state index in [0.717, 1.165) is 0 Å². The minimum atomic E-state index is -0.109. The zero-order valence-corrected chi connectivity index (χ0v) is 7.78. The van der Waals surface area contributed by atoms with Crippen LogP contribution in [-0.4, -0.2) is 12.5 Å². The fourth-order valence-electron chi connectivity index (χ4n) is 0.836. The van der Waals surface area contributed by atoms with Gasteiger partial charge in [-0.3, -0.25) is 4.79 Å². The van der Waals surface area contributed by atoms with Crippen molar-refractivity contribution < 1.29 is 4.79 Å². The molecule has 0 aliphatic heterocycles. The van der Waals surface area contributed by atoms with Crippen molar-refractivity contribution in [2.75, 3.05) is 6.54 Å². The number of hydrogen-bond acceptors (Lipinski definition) is 3. The fourth-order valence-corrected chi connectivity index (χ4v) is 1.68. The van der Waals surface area contributed by atoms with E-state index in [0.29, 0.717) is 6.54 Å². The number of carbonyl (C=O) groups excluding carboxylic acids is 1. The number of rotatable bonds is 3. The van der Waals surface area contributed by atoms with Gasteiger partial charge in [-0.1, -0.05) is 0 Å². The smallest absolute Gasteiger partial charge is 0.234 e. The van der Waals surface area contributed by atoms with Gasteiger partial charge >= 0.3 is 0 Å². The molecule has 1 rings (SSSR count). The SMILES string of the molecule is Cc1ccsc1CNC(=O)CN. The van der Waals surface area contributed by atoms with E-state index in [9.17, 15) is 4.79 Å². The average Bonchev–Trinajstić information content (AvgIpc) is 2.47. The van der Waals surface area contributed by atoms with Crippen LogP contribution in [0.5, 0.6) is 0 Å². The molecule has 4 heteroatoms. The van der Waals surface area contributed by atoms with Gasteiger partial charge in [-0.25, -0.2) is 0 Å². The van der Waals surface area contributed by atoms with E-state index in [1.165, 1.54) is 10.4 Å². The summed E-state index contributed by atoms with van der Waals surface area (Å²) in [5, 5.41) is 4.74. The molecule has 0 saturated carbocycles. The maximum Gasteiger partial charge on any atom is 0.234 e. The Bertz CT molecular complexity index is 270. The molecule has 1 heterocycles. The van der Waals surface area contributed by atoms with Gasteiger partial charge in [-0.15, -0.1) is 11.3 Å². The normalized spacial score (nSPS) is 9.83. The van der Waals surface area contributed by atoms with Crippen LogP contribution < -0.4 is 11.1 Å². The molecule has 0 unspecified atom stereocenters. The van der Waals surface area contributed by atoms with Crippen molar-refractivity contribution in [1.82, 2.24) is 5.32 Å². The van der Waals surface area contributed by atoms with E-state index in [1.807, 2.05) is 18.4 Å². The van der Waals surface area contributed by atoms with Crippen LogP contribution in [0.3, 0.4) is 0 Å². The molecule has 0 radical (unpaired) electrons. The highest BCUT2D eigenvalue weighted by atomic mass is 32.1. The molecule has 3 N–H and O–H groups in total. The summed E-state index contributed by atoms with van der Waals surface area (Å²) in [6.07, 6.45) is 0. The zero-order chi connectivity index (χ0) is 8.97. The first-order valence-electron chi connectivity index (χ1n) is 3.73. The second kappa shape index (κ2) is 4.23. The molecular formula is C8H12N2OS. The Morgan fingerprint density at radius 3 is 3.00 bits per heavy atom. The lowest BCUT2D eigenvalue weighted by molar-refractivity contribution is -0.119. The number of aryl methyl sites for hydroxylation is 1. The number of thiophene rings is 1. The van der Waals surface area contributed by atoms with Gasteiger partial charge in [0.05, 0.1) is 13.1 Å². The summed E-state index contributed by atoms with van der Waals surface area (Å²) in [6, 6.07) is 2.04. The van der Waals surface area contributed by atoms with Gasteiger partial charge in [0.2, 0.25) is 5.91 Å². The van der Waals surface area contributed by atoms with Gasteiger partial charge in [0, 0.05) is 4.88 Å². The van der Waals surface area contributed by atoms with Gasteiger partial charge in [-0.05, 0) is 23.9 Å². The Hall–Kier alpha value is -0.870. The van der Waals surface area contributed by atoms with Gasteiger partial charge in [-0.2, -0.15) is 0 Å². The highest BCUT2D eigenvalue weighted by Gasteiger charge is 2.01. The first kappa shape index (κ1) is 9.22. The number of amides is 1. The Balaban J connectivity index is 2.43. The van der Waals surface area contributed by atoms with E-state index < -0.39 is 0 Å². The summed E-state index contributed by atoms with van der Waals surface area (Å²) in [6.45, 7) is 2.68. The molecule has 0 aliphatic carbocycles. The Morgan fingerprint density at radius 2 is 2.50 bits per heavy atom. The molecule has 0 bridgehead atoms. The average molecular weight is 184 g/mol. The molecule has 0 saturated heterocycles. The molecule has 0 atom stereocenters. The minimum absolute atomic E-state index is 0.0599. The summed E-state index contributed by atoms with van der Waals surface area (Å²) in [5.41, 5.74) is 6.36. The third-order valence-electron chi connectivity index (χ3n) is 1.60. The van der Waals surface area contributed by atoms with Crippen LogP contribution in [0.2, 0.25) is 0 Å². The van der Waals surface area contributed by atoms with Crippen molar-refractivity contribution in [3.05, 3.63) is 21.9 Å². The second-order valence-corrected chi connectivity index (χ2v) is 3.51. The molecule has 0 aliphatic rings. The summed E-state index contributed by atoms with van der Waals surface area (Å²) < 4.78 is 0. The van der Waals surface area contributed by atoms with Crippen LogP contribution in [-0.2, 0) is 11.3 Å². The minimum Gasteiger partial charge on any atom is -0.350 e. The van der Waals surface area contributed by atoms with Gasteiger partial charge in [0.25, 0.3) is 0 Å². The van der Waals surface area contributed by atoms with Gasteiger partial charge in [0.1, 0.15) is 0 Å². The predicted molar refractivity (Wildman–Crippen MR) is 50.0 cm³/mol. The number of carbonyl (C=O) groups is 1. The summed E-state index contributed by atoms with van der Waals surface area (Å²) >= 11 is 1.65. The van der Waals surface area contributed by atoms with E-state index in [-0.39, 0.29) is 12.5 Å². The summed E-state index contributed by atoms with van der Waals surface area (Å²) in [4.78, 5) is 12.0. The molecule has 1 amide bonds. The first-order chi connectivity index (χ1) is 5.74. The largest absolute Gasteiger partial charge is 0.350 e. The Morgan fingerprint density at radius 1 is 1.75 bits per heavy atom. The topological polar surface area (TPSA) is 55.1 Å². The maximum absolute atomic E-state index is 10.8. The highest BCUT2D eigenvalue weighted by Crippen LogP contribution is 2.14. The van der Waals surface area contributed by atoms with Crippen LogP contribution in [0.4, 0.5) is 0 Å².